The molecule has 150 valence electrons. The van der Waals surface area contributed by atoms with Gasteiger partial charge in [-0.2, -0.15) is 0 Å². The number of cyclic esters (lactones) is 1. The van der Waals surface area contributed by atoms with E-state index < -0.39 is 24.0 Å². The molecule has 1 aromatic rings. The Morgan fingerprint density at radius 3 is 2.68 bits per heavy atom. The molecule has 0 radical (unpaired) electrons. The lowest BCUT2D eigenvalue weighted by atomic mass is 10.0. The minimum absolute atomic E-state index is 0.169. The molecule has 0 bridgehead atoms. The van der Waals surface area contributed by atoms with E-state index in [0.29, 0.717) is 24.2 Å². The second kappa shape index (κ2) is 8.29. The van der Waals surface area contributed by atoms with Crippen LogP contribution in [-0.4, -0.2) is 43.0 Å². The lowest BCUT2D eigenvalue weighted by Crippen LogP contribution is -2.29. The van der Waals surface area contributed by atoms with Gasteiger partial charge < -0.3 is 18.9 Å². The van der Waals surface area contributed by atoms with E-state index in [1.165, 1.54) is 6.08 Å². The average molecular weight is 386 g/mol. The van der Waals surface area contributed by atoms with Crippen molar-refractivity contribution in [3.63, 3.8) is 0 Å². The smallest absolute Gasteiger partial charge is 0.338 e. The zero-order chi connectivity index (χ0) is 20.3. The summed E-state index contributed by atoms with van der Waals surface area (Å²) in [5, 5.41) is 0. The van der Waals surface area contributed by atoms with Gasteiger partial charge in [-0.25, -0.2) is 4.79 Å². The molecule has 2 aliphatic heterocycles. The highest BCUT2D eigenvalue weighted by Gasteiger charge is 2.43. The highest BCUT2D eigenvalue weighted by molar-refractivity contribution is 5.94. The van der Waals surface area contributed by atoms with E-state index >= 15 is 0 Å². The molecule has 0 amide bonds. The maximum absolute atomic E-state index is 12.6. The van der Waals surface area contributed by atoms with Crippen molar-refractivity contribution in [3.8, 4) is 5.75 Å². The van der Waals surface area contributed by atoms with Gasteiger partial charge in [-0.3, -0.25) is 4.79 Å². The minimum atomic E-state index is -0.843. The number of hydrogen-bond acceptors (Lipinski definition) is 6. The van der Waals surface area contributed by atoms with Crippen molar-refractivity contribution >= 4 is 11.8 Å². The van der Waals surface area contributed by atoms with Gasteiger partial charge in [0, 0.05) is 6.42 Å². The van der Waals surface area contributed by atoms with Crippen LogP contribution in [0, 0.1) is 0 Å². The van der Waals surface area contributed by atoms with Crippen molar-refractivity contribution in [3.05, 3.63) is 53.6 Å². The van der Waals surface area contributed by atoms with Gasteiger partial charge >= 0.3 is 5.97 Å². The molecule has 0 saturated carbocycles. The maximum Gasteiger partial charge on any atom is 0.338 e. The van der Waals surface area contributed by atoms with Gasteiger partial charge in [0.1, 0.15) is 18.0 Å². The third-order valence-electron chi connectivity index (χ3n) is 4.66. The van der Waals surface area contributed by atoms with Crippen LogP contribution >= 0.6 is 0 Å². The van der Waals surface area contributed by atoms with E-state index in [-0.39, 0.29) is 11.9 Å². The molecule has 0 aromatic heterocycles. The monoisotopic (exact) mass is 386 g/mol. The lowest BCUT2D eigenvalue weighted by Gasteiger charge is -2.15. The number of hydrogen-bond donors (Lipinski definition) is 0. The van der Waals surface area contributed by atoms with Crippen molar-refractivity contribution in [2.45, 2.75) is 57.7 Å². The van der Waals surface area contributed by atoms with E-state index in [4.69, 9.17) is 18.9 Å². The standard InChI is InChI=1S/C22H26O6/c1-14-7-5-9-18(23)20-19(27-22(2,3)28-20)10-6-8-15-13-16(25-4)11-12-17(15)21(24)26-14/h5-6,9-14,19-20H,7-8H2,1-4H3/b9-5-,10-6-/t14-,19-,20+/m0/s1. The fraction of sp³-hybridized carbons (Fsp3) is 0.455. The SMILES string of the molecule is COc1ccc2c(c1)C/C=C\[C@@H]1OC(C)(C)O[C@@H]1C(=O)/C=C\C[C@H](C)OC2=O. The normalized spacial score (nSPS) is 29.8. The Morgan fingerprint density at radius 2 is 1.93 bits per heavy atom. The van der Waals surface area contributed by atoms with E-state index in [2.05, 4.69) is 0 Å². The molecule has 0 unspecified atom stereocenters. The summed E-state index contributed by atoms with van der Waals surface area (Å²) in [6.45, 7) is 5.37. The number of benzene rings is 1. The van der Waals surface area contributed by atoms with Crippen molar-refractivity contribution < 1.29 is 28.5 Å². The molecule has 28 heavy (non-hydrogen) atoms. The molecule has 6 nitrogen and oxygen atoms in total. The van der Waals surface area contributed by atoms with Crippen molar-refractivity contribution in [2.75, 3.05) is 7.11 Å². The van der Waals surface area contributed by atoms with Gasteiger partial charge in [0.15, 0.2) is 17.7 Å². The molecule has 0 N–H and O–H groups in total. The van der Waals surface area contributed by atoms with Crippen LogP contribution in [0.3, 0.4) is 0 Å². The number of ketones is 1. The lowest BCUT2D eigenvalue weighted by molar-refractivity contribution is -0.151. The molecule has 0 spiro atoms. The quantitative estimate of drug-likeness (QED) is 0.544. The van der Waals surface area contributed by atoms with E-state index in [1.807, 2.05) is 18.2 Å². The number of esters is 1. The zero-order valence-electron chi connectivity index (χ0n) is 16.6. The Hall–Kier alpha value is -2.44. The summed E-state index contributed by atoms with van der Waals surface area (Å²) in [6.07, 6.45) is 6.21. The number of ether oxygens (including phenoxy) is 4. The highest BCUT2D eigenvalue weighted by Crippen LogP contribution is 2.30. The summed E-state index contributed by atoms with van der Waals surface area (Å²) < 4.78 is 22.5. The molecule has 0 aliphatic carbocycles. The van der Waals surface area contributed by atoms with Gasteiger partial charge in [0.05, 0.1) is 12.7 Å². The highest BCUT2D eigenvalue weighted by atomic mass is 16.8. The molecule has 2 aliphatic rings. The largest absolute Gasteiger partial charge is 0.497 e. The Bertz CT molecular complexity index is 807. The van der Waals surface area contributed by atoms with Crippen LogP contribution in [0.4, 0.5) is 0 Å². The summed E-state index contributed by atoms with van der Waals surface area (Å²) >= 11 is 0. The van der Waals surface area contributed by atoms with Crippen LogP contribution in [0.5, 0.6) is 5.75 Å². The van der Waals surface area contributed by atoms with Crippen LogP contribution < -0.4 is 4.74 Å². The first-order valence-corrected chi connectivity index (χ1v) is 9.39. The zero-order valence-corrected chi connectivity index (χ0v) is 16.6. The van der Waals surface area contributed by atoms with Crippen LogP contribution in [0.15, 0.2) is 42.5 Å². The van der Waals surface area contributed by atoms with Crippen LogP contribution in [0.1, 0.15) is 43.1 Å². The number of methoxy groups -OCH3 is 1. The van der Waals surface area contributed by atoms with Crippen molar-refractivity contribution in [1.29, 1.82) is 0 Å². The predicted molar refractivity (Wildman–Crippen MR) is 103 cm³/mol. The first-order valence-electron chi connectivity index (χ1n) is 9.39. The fourth-order valence-electron chi connectivity index (χ4n) is 3.31. The summed E-state index contributed by atoms with van der Waals surface area (Å²) in [6, 6.07) is 5.27. The van der Waals surface area contributed by atoms with Gasteiger partial charge in [-0.1, -0.05) is 18.2 Å². The van der Waals surface area contributed by atoms with Crippen molar-refractivity contribution in [1.82, 2.24) is 0 Å². The average Bonchev–Trinajstić information content (AvgIpc) is 2.95. The molecule has 2 heterocycles. The fourth-order valence-corrected chi connectivity index (χ4v) is 3.31. The summed E-state index contributed by atoms with van der Waals surface area (Å²) in [7, 11) is 1.58. The topological polar surface area (TPSA) is 71.1 Å². The number of carbonyl (C=O) groups is 2. The van der Waals surface area contributed by atoms with Crippen LogP contribution in [0.25, 0.3) is 0 Å². The Labute approximate surface area is 165 Å². The van der Waals surface area contributed by atoms with Crippen LogP contribution in [-0.2, 0) is 25.4 Å². The first-order chi connectivity index (χ1) is 13.3. The maximum atomic E-state index is 12.6. The summed E-state index contributed by atoms with van der Waals surface area (Å²) in [5.74, 6) is -0.746. The minimum Gasteiger partial charge on any atom is -0.497 e. The summed E-state index contributed by atoms with van der Waals surface area (Å²) in [4.78, 5) is 25.2. The van der Waals surface area contributed by atoms with Crippen LogP contribution in [0.2, 0.25) is 0 Å². The molecule has 3 rings (SSSR count). The van der Waals surface area contributed by atoms with Crippen molar-refractivity contribution in [2.24, 2.45) is 0 Å². The molecule has 1 aromatic carbocycles. The Balaban J connectivity index is 1.95. The van der Waals surface area contributed by atoms with E-state index in [1.54, 1.807) is 46.1 Å². The van der Waals surface area contributed by atoms with Gasteiger partial charge in [0.2, 0.25) is 0 Å². The number of allylic oxidation sites excluding steroid dienone is 1. The molecular weight excluding hydrogens is 360 g/mol. The second-order valence-electron chi connectivity index (χ2n) is 7.43. The van der Waals surface area contributed by atoms with Gasteiger partial charge in [-0.15, -0.1) is 0 Å². The number of rotatable bonds is 1. The Morgan fingerprint density at radius 1 is 1.14 bits per heavy atom. The second-order valence-corrected chi connectivity index (χ2v) is 7.43. The predicted octanol–water partition coefficient (Wildman–Crippen LogP) is 3.39. The molecule has 6 heteroatoms. The first kappa shape index (κ1) is 20.3. The van der Waals surface area contributed by atoms with Gasteiger partial charge in [0.25, 0.3) is 0 Å². The number of carbonyl (C=O) groups excluding carboxylic acids is 2. The summed E-state index contributed by atoms with van der Waals surface area (Å²) in [5.41, 5.74) is 1.27. The molecule has 3 atom stereocenters. The number of fused-ring (bicyclic) bond motifs is 2. The third kappa shape index (κ3) is 4.69. The Kier molecular flexibility index (Phi) is 6.01. The van der Waals surface area contributed by atoms with E-state index in [0.717, 1.165) is 5.56 Å². The molecular formula is C22H26O6. The van der Waals surface area contributed by atoms with E-state index in [9.17, 15) is 9.59 Å². The third-order valence-corrected chi connectivity index (χ3v) is 4.66. The molecule has 1 saturated heterocycles. The molecule has 1 fully saturated rings. The van der Waals surface area contributed by atoms with Gasteiger partial charge in [-0.05, 0) is 57.0 Å².